The van der Waals surface area contributed by atoms with Crippen LogP contribution in [0.25, 0.3) is 0 Å². The molecule has 12 heteroatoms. The largest absolute Gasteiger partial charge is 0.481 e. The van der Waals surface area contributed by atoms with Crippen LogP contribution in [0.5, 0.6) is 5.75 Å². The number of rotatable bonds is 10. The molecule has 0 spiro atoms. The Kier molecular flexibility index (Phi) is 8.35. The van der Waals surface area contributed by atoms with Crippen LogP contribution >= 0.6 is 0 Å². The van der Waals surface area contributed by atoms with Crippen molar-refractivity contribution in [2.45, 2.75) is 38.6 Å². The third-order valence-corrected chi connectivity index (χ3v) is 5.12. The average molecular weight is 457 g/mol. The lowest BCUT2D eigenvalue weighted by Crippen LogP contribution is -2.53. The maximum atomic E-state index is 14.2. The zero-order chi connectivity index (χ0) is 24.0. The van der Waals surface area contributed by atoms with Gasteiger partial charge >= 0.3 is 23.9 Å². The smallest absolute Gasteiger partial charge is 0.303 e. The number of esters is 1. The molecule has 1 aliphatic rings. The van der Waals surface area contributed by atoms with Crippen molar-refractivity contribution in [1.82, 2.24) is 0 Å². The maximum Gasteiger partial charge on any atom is 0.303 e. The van der Waals surface area contributed by atoms with Crippen LogP contribution < -0.4 is 10.5 Å². The fraction of sp³-hybridized carbons (Fsp3) is 0.500. The Labute approximate surface area is 181 Å². The van der Waals surface area contributed by atoms with Gasteiger partial charge in [-0.1, -0.05) is 0 Å². The number of carbonyl (C=O) groups is 4. The van der Waals surface area contributed by atoms with Crippen molar-refractivity contribution in [1.29, 1.82) is 0 Å². The monoisotopic (exact) mass is 457 g/mol. The molecule has 5 N–H and O–H groups in total. The molecule has 1 fully saturated rings. The molecule has 0 saturated carbocycles. The van der Waals surface area contributed by atoms with E-state index in [2.05, 4.69) is 0 Å². The van der Waals surface area contributed by atoms with E-state index >= 15 is 0 Å². The molecule has 1 heterocycles. The summed E-state index contributed by atoms with van der Waals surface area (Å²) >= 11 is 0. The summed E-state index contributed by atoms with van der Waals surface area (Å²) in [6.07, 6.45) is -4.42. The number of carbonyl (C=O) groups excluding carboxylic acids is 1. The Morgan fingerprint density at radius 2 is 1.56 bits per heavy atom. The number of ether oxygens (including phenoxy) is 3. The van der Waals surface area contributed by atoms with Gasteiger partial charge in [-0.05, 0) is 18.1 Å². The van der Waals surface area contributed by atoms with Gasteiger partial charge < -0.3 is 35.3 Å². The van der Waals surface area contributed by atoms with Crippen molar-refractivity contribution in [2.75, 3.05) is 12.3 Å². The standard InChI is InChI=1S/C20H24FNO10/c1-9(23)30-8-16-12(6-18(26)27)11(5-17(24)25)13(7-19(28)29)20(32-16)31-15-4-10(22)2-3-14(15)21/h2-4,11-13,16,20H,5-8,22H2,1H3,(H,24,25)(H,26,27)(H,28,29)/t11-,12-,13+,16-,20+/m0/s1. The number of hydrogen-bond donors (Lipinski definition) is 4. The second kappa shape index (κ2) is 10.8. The van der Waals surface area contributed by atoms with Crippen molar-refractivity contribution in [3.8, 4) is 5.75 Å². The van der Waals surface area contributed by atoms with E-state index in [0.717, 1.165) is 19.1 Å². The minimum atomic E-state index is -1.47. The van der Waals surface area contributed by atoms with Crippen LogP contribution in [0.3, 0.4) is 0 Å². The summed E-state index contributed by atoms with van der Waals surface area (Å²) < 4.78 is 30.5. The van der Waals surface area contributed by atoms with Gasteiger partial charge in [0.1, 0.15) is 6.61 Å². The van der Waals surface area contributed by atoms with E-state index in [0.29, 0.717) is 0 Å². The van der Waals surface area contributed by atoms with E-state index < -0.39 is 85.7 Å². The van der Waals surface area contributed by atoms with Gasteiger partial charge in [0.15, 0.2) is 11.6 Å². The highest BCUT2D eigenvalue weighted by Gasteiger charge is 2.49. The summed E-state index contributed by atoms with van der Waals surface area (Å²) in [7, 11) is 0. The number of aliphatic carboxylic acids is 3. The quantitative estimate of drug-likeness (QED) is 0.294. The molecule has 5 atom stereocenters. The predicted octanol–water partition coefficient (Wildman–Crippen LogP) is 1.35. The molecular weight excluding hydrogens is 433 g/mol. The Bertz CT molecular complexity index is 876. The van der Waals surface area contributed by atoms with Crippen LogP contribution in [0, 0.1) is 23.6 Å². The van der Waals surface area contributed by atoms with Gasteiger partial charge in [-0.25, -0.2) is 4.39 Å². The molecule has 1 saturated heterocycles. The van der Waals surface area contributed by atoms with Crippen LogP contribution in [-0.2, 0) is 28.7 Å². The van der Waals surface area contributed by atoms with Crippen LogP contribution in [-0.4, -0.2) is 58.2 Å². The maximum absolute atomic E-state index is 14.2. The molecule has 1 aliphatic heterocycles. The van der Waals surface area contributed by atoms with Crippen LogP contribution in [0.15, 0.2) is 18.2 Å². The molecular formula is C20H24FNO10. The van der Waals surface area contributed by atoms with Crippen LogP contribution in [0.4, 0.5) is 10.1 Å². The zero-order valence-corrected chi connectivity index (χ0v) is 17.1. The molecule has 0 bridgehead atoms. The minimum absolute atomic E-state index is 0.147. The highest BCUT2D eigenvalue weighted by molar-refractivity contribution is 5.70. The molecule has 1 aromatic carbocycles. The van der Waals surface area contributed by atoms with Gasteiger partial charge in [0, 0.05) is 36.9 Å². The minimum Gasteiger partial charge on any atom is -0.481 e. The van der Waals surface area contributed by atoms with Crippen LogP contribution in [0.1, 0.15) is 26.2 Å². The average Bonchev–Trinajstić information content (AvgIpc) is 2.66. The van der Waals surface area contributed by atoms with E-state index in [1.807, 2.05) is 0 Å². The number of carboxylic acid groups (broad SMARTS) is 3. The number of hydrogen-bond acceptors (Lipinski definition) is 8. The first kappa shape index (κ1) is 24.9. The molecule has 32 heavy (non-hydrogen) atoms. The number of carboxylic acids is 3. The molecule has 0 radical (unpaired) electrons. The first-order valence-electron chi connectivity index (χ1n) is 9.63. The first-order chi connectivity index (χ1) is 15.0. The Balaban J connectivity index is 2.49. The lowest BCUT2D eigenvalue weighted by molar-refractivity contribution is -0.237. The Hall–Kier alpha value is -3.41. The van der Waals surface area contributed by atoms with E-state index in [1.165, 1.54) is 6.07 Å². The molecule has 11 nitrogen and oxygen atoms in total. The van der Waals surface area contributed by atoms with E-state index in [-0.39, 0.29) is 11.4 Å². The highest BCUT2D eigenvalue weighted by atomic mass is 19.1. The second-order valence-corrected chi connectivity index (χ2v) is 7.44. The number of benzene rings is 1. The molecule has 2 rings (SSSR count). The molecule has 0 amide bonds. The van der Waals surface area contributed by atoms with E-state index in [4.69, 9.17) is 19.9 Å². The molecule has 0 aliphatic carbocycles. The van der Waals surface area contributed by atoms with E-state index in [9.17, 15) is 38.9 Å². The highest BCUT2D eigenvalue weighted by Crippen LogP contribution is 2.42. The summed E-state index contributed by atoms with van der Waals surface area (Å²) in [5, 5.41) is 28.1. The van der Waals surface area contributed by atoms with Gasteiger partial charge in [0.2, 0.25) is 6.29 Å². The van der Waals surface area contributed by atoms with E-state index in [1.54, 1.807) is 0 Å². The van der Waals surface area contributed by atoms with Crippen molar-refractivity contribution in [3.63, 3.8) is 0 Å². The molecule has 0 unspecified atom stereocenters. The topological polar surface area (TPSA) is 183 Å². The molecule has 176 valence electrons. The van der Waals surface area contributed by atoms with Gasteiger partial charge in [-0.2, -0.15) is 0 Å². The fourth-order valence-electron chi connectivity index (χ4n) is 3.82. The molecule has 1 aromatic rings. The van der Waals surface area contributed by atoms with Crippen molar-refractivity contribution in [3.05, 3.63) is 24.0 Å². The Morgan fingerprint density at radius 3 is 2.12 bits per heavy atom. The fourth-order valence-corrected chi connectivity index (χ4v) is 3.82. The zero-order valence-electron chi connectivity index (χ0n) is 17.1. The summed E-state index contributed by atoms with van der Waals surface area (Å²) in [5.74, 6) is -8.99. The van der Waals surface area contributed by atoms with Crippen molar-refractivity contribution >= 4 is 29.6 Å². The first-order valence-corrected chi connectivity index (χ1v) is 9.63. The number of nitrogens with two attached hydrogens (primary N) is 1. The van der Waals surface area contributed by atoms with Crippen LogP contribution in [0.2, 0.25) is 0 Å². The summed E-state index contributed by atoms with van der Waals surface area (Å²) in [4.78, 5) is 45.8. The third kappa shape index (κ3) is 6.80. The number of nitrogen functional groups attached to an aromatic ring is 1. The van der Waals surface area contributed by atoms with Gasteiger partial charge in [0.05, 0.1) is 18.9 Å². The van der Waals surface area contributed by atoms with Gasteiger partial charge in [0.25, 0.3) is 0 Å². The summed E-state index contributed by atoms with van der Waals surface area (Å²) in [6.45, 7) is 0.690. The summed E-state index contributed by atoms with van der Waals surface area (Å²) in [6, 6.07) is 3.45. The normalized spacial score (nSPS) is 25.0. The summed E-state index contributed by atoms with van der Waals surface area (Å²) in [5.41, 5.74) is 5.79. The van der Waals surface area contributed by atoms with Crippen molar-refractivity contribution < 1.29 is 53.1 Å². The third-order valence-electron chi connectivity index (χ3n) is 5.12. The number of anilines is 1. The number of halogens is 1. The van der Waals surface area contributed by atoms with Gasteiger partial charge in [-0.15, -0.1) is 0 Å². The lowest BCUT2D eigenvalue weighted by Gasteiger charge is -2.45. The Morgan fingerprint density at radius 1 is 1.00 bits per heavy atom. The molecule has 0 aromatic heterocycles. The van der Waals surface area contributed by atoms with Crippen molar-refractivity contribution in [2.24, 2.45) is 17.8 Å². The van der Waals surface area contributed by atoms with Gasteiger partial charge in [-0.3, -0.25) is 19.2 Å². The predicted molar refractivity (Wildman–Crippen MR) is 104 cm³/mol. The second-order valence-electron chi connectivity index (χ2n) is 7.44. The lowest BCUT2D eigenvalue weighted by atomic mass is 9.71. The SMILES string of the molecule is CC(=O)OC[C@@H]1O[C@@H](Oc2cc(N)ccc2F)[C@H](CC(=O)O)[C@@H](CC(=O)O)[C@@H]1CC(=O)O.